The van der Waals surface area contributed by atoms with Crippen molar-refractivity contribution < 1.29 is 23.1 Å². The Balaban J connectivity index is 1.87. The SMILES string of the molecule is CCS(=O)(=O)c1ccc(O)c(NC(=O)c2ccc3c(c2)CCC(=O)N3)c1. The molecule has 2 aromatic rings. The van der Waals surface area contributed by atoms with Crippen molar-refractivity contribution >= 4 is 33.0 Å². The lowest BCUT2D eigenvalue weighted by Gasteiger charge is -2.17. The van der Waals surface area contributed by atoms with Crippen molar-refractivity contribution in [3.05, 3.63) is 47.5 Å². The van der Waals surface area contributed by atoms with Crippen LogP contribution in [0.25, 0.3) is 0 Å². The smallest absolute Gasteiger partial charge is 0.255 e. The van der Waals surface area contributed by atoms with Crippen LogP contribution >= 0.6 is 0 Å². The molecule has 1 aliphatic rings. The van der Waals surface area contributed by atoms with Gasteiger partial charge in [0.05, 0.1) is 16.3 Å². The molecule has 3 N–H and O–H groups in total. The van der Waals surface area contributed by atoms with E-state index in [1.54, 1.807) is 18.2 Å². The van der Waals surface area contributed by atoms with Crippen LogP contribution in [0.4, 0.5) is 11.4 Å². The quantitative estimate of drug-likeness (QED) is 0.711. The summed E-state index contributed by atoms with van der Waals surface area (Å²) in [5.74, 6) is -0.847. The van der Waals surface area contributed by atoms with Crippen LogP contribution in [0.5, 0.6) is 5.75 Å². The van der Waals surface area contributed by atoms with E-state index in [2.05, 4.69) is 10.6 Å². The van der Waals surface area contributed by atoms with Gasteiger partial charge in [-0.05, 0) is 48.4 Å². The third kappa shape index (κ3) is 3.55. The molecule has 1 heterocycles. The molecule has 0 bridgehead atoms. The summed E-state index contributed by atoms with van der Waals surface area (Å²) in [6.45, 7) is 1.52. The first-order chi connectivity index (χ1) is 12.3. The predicted molar refractivity (Wildman–Crippen MR) is 97.2 cm³/mol. The molecule has 0 fully saturated rings. The van der Waals surface area contributed by atoms with E-state index in [1.807, 2.05) is 0 Å². The second-order valence-electron chi connectivity index (χ2n) is 5.96. The average Bonchev–Trinajstić information content (AvgIpc) is 2.62. The van der Waals surface area contributed by atoms with Gasteiger partial charge >= 0.3 is 0 Å². The van der Waals surface area contributed by atoms with E-state index < -0.39 is 15.7 Å². The summed E-state index contributed by atoms with van der Waals surface area (Å²) >= 11 is 0. The lowest BCUT2D eigenvalue weighted by atomic mass is 10.00. The molecule has 0 aromatic heterocycles. The molecule has 8 heteroatoms. The molecule has 0 unspecified atom stereocenters. The van der Waals surface area contributed by atoms with E-state index in [0.29, 0.717) is 24.1 Å². The first-order valence-electron chi connectivity index (χ1n) is 8.10. The number of fused-ring (bicyclic) bond motifs is 1. The van der Waals surface area contributed by atoms with Gasteiger partial charge in [0.2, 0.25) is 5.91 Å². The molecule has 0 aliphatic carbocycles. The molecule has 1 aliphatic heterocycles. The molecule has 3 rings (SSSR count). The van der Waals surface area contributed by atoms with Crippen LogP contribution in [-0.2, 0) is 21.1 Å². The van der Waals surface area contributed by atoms with Gasteiger partial charge in [0.15, 0.2) is 9.84 Å². The van der Waals surface area contributed by atoms with E-state index in [4.69, 9.17) is 0 Å². The highest BCUT2D eigenvalue weighted by Gasteiger charge is 2.19. The third-order valence-electron chi connectivity index (χ3n) is 4.22. The normalized spacial score (nSPS) is 13.7. The zero-order valence-electron chi connectivity index (χ0n) is 14.1. The second-order valence-corrected chi connectivity index (χ2v) is 8.23. The Hall–Kier alpha value is -2.87. The van der Waals surface area contributed by atoms with Crippen molar-refractivity contribution in [2.45, 2.75) is 24.7 Å². The highest BCUT2D eigenvalue weighted by molar-refractivity contribution is 7.91. The molecule has 26 heavy (non-hydrogen) atoms. The fourth-order valence-electron chi connectivity index (χ4n) is 2.69. The number of phenolic OH excluding ortho intramolecular Hbond substituents is 1. The minimum Gasteiger partial charge on any atom is -0.506 e. The minimum absolute atomic E-state index is 0.0237. The minimum atomic E-state index is -3.46. The standard InChI is InChI=1S/C18H18N2O5S/c1-2-26(24,25)13-5-7-16(21)15(10-13)20-18(23)12-3-6-14-11(9-12)4-8-17(22)19-14/h3,5-7,9-10,21H,2,4,8H2,1H3,(H,19,22)(H,20,23). The molecular formula is C18H18N2O5S. The predicted octanol–water partition coefficient (Wildman–Crippen LogP) is 2.32. The number of carbonyl (C=O) groups excluding carboxylic acids is 2. The molecule has 0 atom stereocenters. The van der Waals surface area contributed by atoms with Crippen LogP contribution in [-0.4, -0.2) is 31.1 Å². The van der Waals surface area contributed by atoms with Crippen molar-refractivity contribution in [1.82, 2.24) is 0 Å². The number of hydrogen-bond acceptors (Lipinski definition) is 5. The van der Waals surface area contributed by atoms with Crippen LogP contribution in [0.15, 0.2) is 41.3 Å². The highest BCUT2D eigenvalue weighted by Crippen LogP contribution is 2.28. The summed E-state index contributed by atoms with van der Waals surface area (Å²) in [5, 5.41) is 15.2. The van der Waals surface area contributed by atoms with Crippen molar-refractivity contribution in [3.8, 4) is 5.75 Å². The third-order valence-corrected chi connectivity index (χ3v) is 5.95. The van der Waals surface area contributed by atoms with E-state index in [1.165, 1.54) is 25.1 Å². The van der Waals surface area contributed by atoms with Crippen molar-refractivity contribution in [3.63, 3.8) is 0 Å². The summed E-state index contributed by atoms with van der Waals surface area (Å²) in [6.07, 6.45) is 0.896. The molecule has 2 amide bonds. The van der Waals surface area contributed by atoms with Gasteiger partial charge in [-0.15, -0.1) is 0 Å². The second kappa shape index (κ2) is 6.80. The van der Waals surface area contributed by atoms with Gasteiger partial charge in [0.25, 0.3) is 5.91 Å². The Morgan fingerprint density at radius 3 is 2.69 bits per heavy atom. The summed E-state index contributed by atoms with van der Waals surface area (Å²) in [7, 11) is -3.46. The van der Waals surface area contributed by atoms with E-state index in [-0.39, 0.29) is 28.0 Å². The number of amides is 2. The number of nitrogens with one attached hydrogen (secondary N) is 2. The molecule has 7 nitrogen and oxygen atoms in total. The largest absolute Gasteiger partial charge is 0.506 e. The lowest BCUT2D eigenvalue weighted by Crippen LogP contribution is -2.20. The lowest BCUT2D eigenvalue weighted by molar-refractivity contribution is -0.116. The Morgan fingerprint density at radius 1 is 1.19 bits per heavy atom. The summed E-state index contributed by atoms with van der Waals surface area (Å²) in [5.41, 5.74) is 1.90. The zero-order valence-corrected chi connectivity index (χ0v) is 14.9. The zero-order chi connectivity index (χ0) is 18.9. The fourth-order valence-corrected chi connectivity index (χ4v) is 3.60. The van der Waals surface area contributed by atoms with Crippen LogP contribution in [0.2, 0.25) is 0 Å². The maximum absolute atomic E-state index is 12.5. The molecule has 0 spiro atoms. The Morgan fingerprint density at radius 2 is 1.96 bits per heavy atom. The van der Waals surface area contributed by atoms with Crippen LogP contribution < -0.4 is 10.6 Å². The summed E-state index contributed by atoms with van der Waals surface area (Å²) in [6, 6.07) is 8.66. The van der Waals surface area contributed by atoms with Crippen LogP contribution in [0, 0.1) is 0 Å². The fraction of sp³-hybridized carbons (Fsp3) is 0.222. The van der Waals surface area contributed by atoms with Gasteiger partial charge in [-0.1, -0.05) is 6.92 Å². The maximum Gasteiger partial charge on any atom is 0.255 e. The molecule has 2 aromatic carbocycles. The van der Waals surface area contributed by atoms with Crippen molar-refractivity contribution in [2.75, 3.05) is 16.4 Å². The van der Waals surface area contributed by atoms with Gasteiger partial charge in [0, 0.05) is 17.7 Å². The van der Waals surface area contributed by atoms with E-state index in [9.17, 15) is 23.1 Å². The molecule has 136 valence electrons. The average molecular weight is 374 g/mol. The number of sulfone groups is 1. The number of carbonyl (C=O) groups is 2. The Bertz CT molecular complexity index is 999. The maximum atomic E-state index is 12.5. The van der Waals surface area contributed by atoms with Crippen molar-refractivity contribution in [2.24, 2.45) is 0 Å². The Labute approximate surface area is 151 Å². The summed E-state index contributed by atoms with van der Waals surface area (Å²) in [4.78, 5) is 23.9. The highest BCUT2D eigenvalue weighted by atomic mass is 32.2. The first kappa shape index (κ1) is 17.9. The molecule has 0 saturated carbocycles. The number of aromatic hydroxyl groups is 1. The number of rotatable bonds is 4. The molecule has 0 radical (unpaired) electrons. The molecular weight excluding hydrogens is 356 g/mol. The number of hydrogen-bond donors (Lipinski definition) is 3. The van der Waals surface area contributed by atoms with E-state index in [0.717, 1.165) is 5.56 Å². The van der Waals surface area contributed by atoms with Crippen LogP contribution in [0.1, 0.15) is 29.3 Å². The van der Waals surface area contributed by atoms with Gasteiger partial charge < -0.3 is 15.7 Å². The number of phenols is 1. The summed E-state index contributed by atoms with van der Waals surface area (Å²) < 4.78 is 24.0. The van der Waals surface area contributed by atoms with Crippen LogP contribution in [0.3, 0.4) is 0 Å². The van der Waals surface area contributed by atoms with Gasteiger partial charge in [-0.3, -0.25) is 9.59 Å². The van der Waals surface area contributed by atoms with Gasteiger partial charge in [0.1, 0.15) is 5.75 Å². The molecule has 0 saturated heterocycles. The number of aryl methyl sites for hydroxylation is 1. The topological polar surface area (TPSA) is 113 Å². The van der Waals surface area contributed by atoms with Crippen molar-refractivity contribution in [1.29, 1.82) is 0 Å². The number of anilines is 2. The first-order valence-corrected chi connectivity index (χ1v) is 9.75. The Kier molecular flexibility index (Phi) is 4.69. The number of benzene rings is 2. The van der Waals surface area contributed by atoms with Gasteiger partial charge in [-0.25, -0.2) is 8.42 Å². The van der Waals surface area contributed by atoms with E-state index >= 15 is 0 Å². The van der Waals surface area contributed by atoms with Gasteiger partial charge in [-0.2, -0.15) is 0 Å². The monoisotopic (exact) mass is 374 g/mol.